The van der Waals surface area contributed by atoms with Gasteiger partial charge in [-0.2, -0.15) is 0 Å². The lowest BCUT2D eigenvalue weighted by Crippen LogP contribution is -2.38. The lowest BCUT2D eigenvalue weighted by atomic mass is 10.1. The van der Waals surface area contributed by atoms with Gasteiger partial charge in [-0.3, -0.25) is 4.79 Å². The molecule has 2 heterocycles. The van der Waals surface area contributed by atoms with E-state index in [4.69, 9.17) is 0 Å². The first-order chi connectivity index (χ1) is 12.0. The van der Waals surface area contributed by atoms with Crippen LogP contribution in [0.1, 0.15) is 59.2 Å². The van der Waals surface area contributed by atoms with Crippen LogP contribution in [-0.4, -0.2) is 19.0 Å². The Labute approximate surface area is 154 Å². The number of fused-ring (bicyclic) bond motifs is 1. The fraction of sp³-hybridized carbons (Fsp3) is 0.450. The van der Waals surface area contributed by atoms with E-state index in [0.717, 1.165) is 47.6 Å². The predicted molar refractivity (Wildman–Crippen MR) is 107 cm³/mol. The van der Waals surface area contributed by atoms with E-state index in [1.807, 2.05) is 6.92 Å². The number of hydrogen-bond donors (Lipinski definition) is 2. The maximum Gasteiger partial charge on any atom is 0.256 e. The molecule has 1 amide bonds. The number of hydrogen-bond acceptors (Lipinski definition) is 4. The standard InChI is InChI=1S/C20H27N3OS/c1-5-11-23(12-6-2)16-9-7-15(8-10-16)18-21-19(24)17-13(3)14(4)25-20(17)22-18/h7-10,18,22H,5-6,11-12H2,1-4H3,(H,21,24). The maximum absolute atomic E-state index is 12.5. The molecule has 5 heteroatoms. The quantitative estimate of drug-likeness (QED) is 0.777. The summed E-state index contributed by atoms with van der Waals surface area (Å²) in [4.78, 5) is 16.1. The van der Waals surface area contributed by atoms with Crippen LogP contribution in [0.15, 0.2) is 24.3 Å². The average molecular weight is 358 g/mol. The molecule has 3 rings (SSSR count). The molecule has 1 aliphatic rings. The van der Waals surface area contributed by atoms with E-state index in [-0.39, 0.29) is 12.1 Å². The summed E-state index contributed by atoms with van der Waals surface area (Å²) < 4.78 is 0. The number of rotatable bonds is 6. The molecule has 1 atom stereocenters. The minimum absolute atomic E-state index is 0.0169. The van der Waals surface area contributed by atoms with Crippen molar-refractivity contribution in [1.29, 1.82) is 0 Å². The van der Waals surface area contributed by atoms with Gasteiger partial charge in [-0.25, -0.2) is 0 Å². The first-order valence-electron chi connectivity index (χ1n) is 9.07. The Hall–Kier alpha value is -2.01. The number of aryl methyl sites for hydroxylation is 1. The molecule has 0 saturated heterocycles. The minimum Gasteiger partial charge on any atom is -0.372 e. The highest BCUT2D eigenvalue weighted by Gasteiger charge is 2.28. The van der Waals surface area contributed by atoms with Gasteiger partial charge < -0.3 is 15.5 Å². The first-order valence-corrected chi connectivity index (χ1v) is 9.89. The van der Waals surface area contributed by atoms with E-state index in [0.29, 0.717) is 0 Å². The molecule has 4 nitrogen and oxygen atoms in total. The largest absolute Gasteiger partial charge is 0.372 e. The van der Waals surface area contributed by atoms with Crippen molar-refractivity contribution in [2.24, 2.45) is 0 Å². The summed E-state index contributed by atoms with van der Waals surface area (Å²) in [7, 11) is 0. The summed E-state index contributed by atoms with van der Waals surface area (Å²) in [6.07, 6.45) is 2.11. The molecule has 25 heavy (non-hydrogen) atoms. The van der Waals surface area contributed by atoms with Gasteiger partial charge in [0.2, 0.25) is 0 Å². The Bertz CT molecular complexity index is 745. The molecule has 2 aromatic rings. The number of anilines is 2. The van der Waals surface area contributed by atoms with Crippen LogP contribution >= 0.6 is 11.3 Å². The molecule has 0 saturated carbocycles. The molecule has 0 aliphatic carbocycles. The number of nitrogens with one attached hydrogen (secondary N) is 2. The molecule has 1 aromatic carbocycles. The molecular formula is C20H27N3OS. The Kier molecular flexibility index (Phi) is 5.33. The second-order valence-electron chi connectivity index (χ2n) is 6.62. The van der Waals surface area contributed by atoms with Crippen molar-refractivity contribution in [3.63, 3.8) is 0 Å². The smallest absolute Gasteiger partial charge is 0.256 e. The highest BCUT2D eigenvalue weighted by atomic mass is 32.1. The van der Waals surface area contributed by atoms with E-state index in [2.05, 4.69) is 60.6 Å². The zero-order chi connectivity index (χ0) is 18.0. The van der Waals surface area contributed by atoms with Crippen molar-refractivity contribution in [2.45, 2.75) is 46.7 Å². The van der Waals surface area contributed by atoms with E-state index in [9.17, 15) is 4.79 Å². The molecule has 1 unspecified atom stereocenters. The van der Waals surface area contributed by atoms with Crippen LogP contribution in [0.5, 0.6) is 0 Å². The minimum atomic E-state index is -0.169. The third-order valence-electron chi connectivity index (χ3n) is 4.74. The second-order valence-corrected chi connectivity index (χ2v) is 7.84. The SMILES string of the molecule is CCCN(CCC)c1ccc(C2NC(=O)c3c(sc(C)c3C)N2)cc1. The summed E-state index contributed by atoms with van der Waals surface area (Å²) >= 11 is 1.66. The fourth-order valence-electron chi connectivity index (χ4n) is 3.33. The molecule has 0 bridgehead atoms. The van der Waals surface area contributed by atoms with Crippen molar-refractivity contribution in [1.82, 2.24) is 5.32 Å². The topological polar surface area (TPSA) is 44.4 Å². The van der Waals surface area contributed by atoms with Crippen LogP contribution in [0, 0.1) is 13.8 Å². The summed E-state index contributed by atoms with van der Waals surface area (Å²) in [6, 6.07) is 8.55. The Morgan fingerprint density at radius 3 is 2.28 bits per heavy atom. The molecular weight excluding hydrogens is 330 g/mol. The highest BCUT2D eigenvalue weighted by Crippen LogP contribution is 2.37. The highest BCUT2D eigenvalue weighted by molar-refractivity contribution is 7.16. The lowest BCUT2D eigenvalue weighted by Gasteiger charge is -2.28. The number of carbonyl (C=O) groups is 1. The van der Waals surface area contributed by atoms with Crippen molar-refractivity contribution < 1.29 is 4.79 Å². The van der Waals surface area contributed by atoms with Gasteiger partial charge in [0, 0.05) is 23.7 Å². The summed E-state index contributed by atoms with van der Waals surface area (Å²) in [5.41, 5.74) is 4.21. The number of carbonyl (C=O) groups excluding carboxylic acids is 1. The fourth-order valence-corrected chi connectivity index (χ4v) is 4.41. The van der Waals surface area contributed by atoms with Gasteiger partial charge in [-0.15, -0.1) is 11.3 Å². The van der Waals surface area contributed by atoms with Gasteiger partial charge in [0.15, 0.2) is 0 Å². The average Bonchev–Trinajstić information content (AvgIpc) is 2.89. The van der Waals surface area contributed by atoms with Gasteiger partial charge in [0.1, 0.15) is 11.2 Å². The molecule has 1 aromatic heterocycles. The molecule has 0 spiro atoms. The maximum atomic E-state index is 12.5. The molecule has 0 radical (unpaired) electrons. The Balaban J connectivity index is 1.80. The van der Waals surface area contributed by atoms with E-state index in [1.54, 1.807) is 11.3 Å². The van der Waals surface area contributed by atoms with Crippen LogP contribution in [0.25, 0.3) is 0 Å². The van der Waals surface area contributed by atoms with Crippen LogP contribution in [0.4, 0.5) is 10.7 Å². The van der Waals surface area contributed by atoms with Gasteiger partial charge in [-0.1, -0.05) is 26.0 Å². The van der Waals surface area contributed by atoms with E-state index in [1.165, 1.54) is 10.6 Å². The summed E-state index contributed by atoms with van der Waals surface area (Å²) in [6.45, 7) is 10.6. The van der Waals surface area contributed by atoms with E-state index >= 15 is 0 Å². The van der Waals surface area contributed by atoms with Crippen LogP contribution in [-0.2, 0) is 0 Å². The van der Waals surface area contributed by atoms with Gasteiger partial charge in [0.25, 0.3) is 5.91 Å². The molecule has 0 fully saturated rings. The zero-order valence-electron chi connectivity index (χ0n) is 15.5. The first kappa shape index (κ1) is 17.8. The monoisotopic (exact) mass is 357 g/mol. The number of thiophene rings is 1. The summed E-state index contributed by atoms with van der Waals surface area (Å²) in [5, 5.41) is 7.54. The van der Waals surface area contributed by atoms with E-state index < -0.39 is 0 Å². The van der Waals surface area contributed by atoms with Crippen molar-refractivity contribution >= 4 is 27.9 Å². The predicted octanol–water partition coefficient (Wildman–Crippen LogP) is 4.85. The Morgan fingerprint density at radius 1 is 1.04 bits per heavy atom. The third kappa shape index (κ3) is 3.52. The van der Waals surface area contributed by atoms with Crippen molar-refractivity contribution in [2.75, 3.05) is 23.3 Å². The van der Waals surface area contributed by atoms with Crippen molar-refractivity contribution in [3.05, 3.63) is 45.8 Å². The normalized spacial score (nSPS) is 16.2. The molecule has 134 valence electrons. The van der Waals surface area contributed by atoms with Crippen molar-refractivity contribution in [3.8, 4) is 0 Å². The van der Waals surface area contributed by atoms with Gasteiger partial charge in [0.05, 0.1) is 5.56 Å². The van der Waals surface area contributed by atoms with Crippen LogP contribution < -0.4 is 15.5 Å². The third-order valence-corrected chi connectivity index (χ3v) is 5.88. The zero-order valence-corrected chi connectivity index (χ0v) is 16.3. The number of benzene rings is 1. The molecule has 2 N–H and O–H groups in total. The number of amides is 1. The van der Waals surface area contributed by atoms with Gasteiger partial charge >= 0.3 is 0 Å². The molecule has 1 aliphatic heterocycles. The van der Waals surface area contributed by atoms with Crippen LogP contribution in [0.3, 0.4) is 0 Å². The van der Waals surface area contributed by atoms with Gasteiger partial charge in [-0.05, 0) is 49.9 Å². The Morgan fingerprint density at radius 2 is 1.68 bits per heavy atom. The number of nitrogens with zero attached hydrogens (tertiary/aromatic N) is 1. The van der Waals surface area contributed by atoms with Crippen LogP contribution in [0.2, 0.25) is 0 Å². The lowest BCUT2D eigenvalue weighted by molar-refractivity contribution is 0.0936. The second kappa shape index (κ2) is 7.48. The summed E-state index contributed by atoms with van der Waals surface area (Å²) in [5.74, 6) is 0.0169.